The minimum absolute atomic E-state index is 0.0252. The maximum absolute atomic E-state index is 12.0. The van der Waals surface area contributed by atoms with Crippen LogP contribution in [0.2, 0.25) is 0 Å². The average Bonchev–Trinajstić information content (AvgIpc) is 2.56. The lowest BCUT2D eigenvalue weighted by atomic mass is 10.1. The zero-order chi connectivity index (χ0) is 16.8. The summed E-state index contributed by atoms with van der Waals surface area (Å²) in [5.41, 5.74) is -0.0252. The van der Waals surface area contributed by atoms with E-state index in [4.69, 9.17) is 4.74 Å². The molecule has 3 N–H and O–H groups in total. The van der Waals surface area contributed by atoms with Crippen LogP contribution in [-0.4, -0.2) is 43.1 Å². The van der Waals surface area contributed by atoms with Gasteiger partial charge in [-0.3, -0.25) is 9.59 Å². The molecule has 0 aliphatic carbocycles. The smallest absolute Gasteiger partial charge is 0.342 e. The van der Waals surface area contributed by atoms with Gasteiger partial charge in [0.25, 0.3) is 5.91 Å². The number of carbonyl (C=O) groups excluding carboxylic acids is 3. The minimum atomic E-state index is -0.816. The molecule has 0 spiro atoms. The highest BCUT2D eigenvalue weighted by molar-refractivity contribution is 5.99. The highest BCUT2D eigenvalue weighted by Gasteiger charge is 2.15. The van der Waals surface area contributed by atoms with E-state index in [-0.39, 0.29) is 23.8 Å². The number of phenolic OH excluding ortho intramolecular Hbond substituents is 1. The van der Waals surface area contributed by atoms with E-state index >= 15 is 0 Å². The molecule has 2 rings (SSSR count). The molecule has 0 unspecified atom stereocenters. The van der Waals surface area contributed by atoms with Crippen molar-refractivity contribution >= 4 is 28.6 Å². The van der Waals surface area contributed by atoms with Crippen molar-refractivity contribution in [3.05, 3.63) is 42.0 Å². The van der Waals surface area contributed by atoms with Crippen molar-refractivity contribution in [3.8, 4) is 5.75 Å². The van der Waals surface area contributed by atoms with Gasteiger partial charge in [0.05, 0.1) is 6.54 Å². The number of rotatable bonds is 5. The fraction of sp³-hybridized carbons (Fsp3) is 0.188. The molecule has 0 aliphatic rings. The number of phenols is 1. The molecule has 0 fully saturated rings. The lowest BCUT2D eigenvalue weighted by Crippen LogP contribution is -2.37. The zero-order valence-electron chi connectivity index (χ0n) is 12.5. The lowest BCUT2D eigenvalue weighted by molar-refractivity contribution is -0.127. The maximum Gasteiger partial charge on any atom is 0.342 e. The van der Waals surface area contributed by atoms with Crippen LogP contribution in [-0.2, 0) is 14.3 Å². The summed E-state index contributed by atoms with van der Waals surface area (Å²) in [7, 11) is 1.44. The molecule has 0 saturated heterocycles. The summed E-state index contributed by atoms with van der Waals surface area (Å²) < 4.78 is 4.84. The van der Waals surface area contributed by atoms with Crippen molar-refractivity contribution in [2.45, 2.75) is 0 Å². The Hall–Kier alpha value is -3.09. The number of hydrogen-bond acceptors (Lipinski definition) is 5. The highest BCUT2D eigenvalue weighted by atomic mass is 16.5. The molecule has 0 atom stereocenters. The summed E-state index contributed by atoms with van der Waals surface area (Å²) >= 11 is 0. The molecule has 2 amide bonds. The summed E-state index contributed by atoms with van der Waals surface area (Å²) in [5, 5.41) is 16.1. The molecular formula is C16H16N2O5. The van der Waals surface area contributed by atoms with E-state index in [0.29, 0.717) is 0 Å². The normalized spacial score (nSPS) is 10.1. The summed E-state index contributed by atoms with van der Waals surface area (Å²) in [6.45, 7) is -0.740. The van der Waals surface area contributed by atoms with Crippen molar-refractivity contribution in [2.75, 3.05) is 20.2 Å². The van der Waals surface area contributed by atoms with Crippen LogP contribution in [0.15, 0.2) is 36.4 Å². The van der Waals surface area contributed by atoms with Crippen molar-refractivity contribution in [1.82, 2.24) is 10.6 Å². The van der Waals surface area contributed by atoms with Crippen LogP contribution in [0.25, 0.3) is 10.8 Å². The fourth-order valence-corrected chi connectivity index (χ4v) is 1.92. The Morgan fingerprint density at radius 2 is 1.74 bits per heavy atom. The van der Waals surface area contributed by atoms with Gasteiger partial charge in [-0.25, -0.2) is 4.79 Å². The van der Waals surface area contributed by atoms with Gasteiger partial charge in [0, 0.05) is 7.05 Å². The van der Waals surface area contributed by atoms with E-state index < -0.39 is 18.5 Å². The number of hydrogen-bond donors (Lipinski definition) is 3. The summed E-state index contributed by atoms with van der Waals surface area (Å²) in [4.78, 5) is 34.4. The van der Waals surface area contributed by atoms with Crippen LogP contribution in [0.4, 0.5) is 0 Å². The number of esters is 1. The van der Waals surface area contributed by atoms with E-state index in [1.54, 1.807) is 18.2 Å². The monoisotopic (exact) mass is 316 g/mol. The molecule has 7 nitrogen and oxygen atoms in total. The topological polar surface area (TPSA) is 105 Å². The van der Waals surface area contributed by atoms with E-state index in [2.05, 4.69) is 10.6 Å². The van der Waals surface area contributed by atoms with Crippen LogP contribution >= 0.6 is 0 Å². The SMILES string of the molecule is CNC(=O)CNC(=O)COC(=O)c1cc2ccccc2cc1O. The van der Waals surface area contributed by atoms with Gasteiger partial charge >= 0.3 is 5.97 Å². The number of fused-ring (bicyclic) bond motifs is 1. The highest BCUT2D eigenvalue weighted by Crippen LogP contribution is 2.25. The largest absolute Gasteiger partial charge is 0.507 e. The summed E-state index contributed by atoms with van der Waals surface area (Å²) in [5.74, 6) is -2.01. The Labute approximate surface area is 132 Å². The fourth-order valence-electron chi connectivity index (χ4n) is 1.92. The van der Waals surface area contributed by atoms with Crippen LogP contribution in [0, 0.1) is 0 Å². The molecule has 2 aromatic rings. The van der Waals surface area contributed by atoms with Crippen LogP contribution in [0.1, 0.15) is 10.4 Å². The number of nitrogens with one attached hydrogen (secondary N) is 2. The second kappa shape index (κ2) is 7.26. The predicted molar refractivity (Wildman–Crippen MR) is 83.0 cm³/mol. The first kappa shape index (κ1) is 16.3. The third-order valence-electron chi connectivity index (χ3n) is 3.14. The van der Waals surface area contributed by atoms with Gasteiger partial charge in [-0.05, 0) is 22.9 Å². The second-order valence-corrected chi connectivity index (χ2v) is 4.74. The summed E-state index contributed by atoms with van der Waals surface area (Å²) in [6.07, 6.45) is 0. The second-order valence-electron chi connectivity index (χ2n) is 4.74. The molecule has 0 bridgehead atoms. The number of aromatic hydroxyl groups is 1. The predicted octanol–water partition coefficient (Wildman–Crippen LogP) is 0.564. The van der Waals surface area contributed by atoms with Crippen LogP contribution < -0.4 is 10.6 Å². The average molecular weight is 316 g/mol. The van der Waals surface area contributed by atoms with Gasteiger partial charge in [-0.2, -0.15) is 0 Å². The zero-order valence-corrected chi connectivity index (χ0v) is 12.5. The molecular weight excluding hydrogens is 300 g/mol. The Balaban J connectivity index is 1.99. The first-order valence-electron chi connectivity index (χ1n) is 6.87. The molecule has 7 heteroatoms. The van der Waals surface area contributed by atoms with Crippen molar-refractivity contribution in [3.63, 3.8) is 0 Å². The van der Waals surface area contributed by atoms with E-state index in [9.17, 15) is 19.5 Å². The Kier molecular flexibility index (Phi) is 5.14. The molecule has 0 radical (unpaired) electrons. The molecule has 0 heterocycles. The molecule has 23 heavy (non-hydrogen) atoms. The van der Waals surface area contributed by atoms with Gasteiger partial charge < -0.3 is 20.5 Å². The third kappa shape index (κ3) is 4.19. The van der Waals surface area contributed by atoms with Gasteiger partial charge in [0.1, 0.15) is 11.3 Å². The maximum atomic E-state index is 12.0. The first-order valence-corrected chi connectivity index (χ1v) is 6.87. The first-order chi connectivity index (χ1) is 11.0. The van der Waals surface area contributed by atoms with Crippen molar-refractivity contribution < 1.29 is 24.2 Å². The minimum Gasteiger partial charge on any atom is -0.507 e. The number of benzene rings is 2. The van der Waals surface area contributed by atoms with Gasteiger partial charge in [0.2, 0.25) is 5.91 Å². The van der Waals surface area contributed by atoms with Crippen LogP contribution in [0.3, 0.4) is 0 Å². The molecule has 120 valence electrons. The summed E-state index contributed by atoms with van der Waals surface area (Å²) in [6, 6.07) is 10.2. The molecule has 2 aromatic carbocycles. The number of likely N-dealkylation sites (N-methyl/N-ethyl adjacent to an activating group) is 1. The Morgan fingerprint density at radius 3 is 2.39 bits per heavy atom. The van der Waals surface area contributed by atoms with E-state index in [0.717, 1.165) is 10.8 Å². The van der Waals surface area contributed by atoms with Gasteiger partial charge in [-0.15, -0.1) is 0 Å². The third-order valence-corrected chi connectivity index (χ3v) is 3.14. The Bertz CT molecular complexity index is 757. The van der Waals surface area contributed by atoms with E-state index in [1.165, 1.54) is 19.2 Å². The van der Waals surface area contributed by atoms with Crippen LogP contribution in [0.5, 0.6) is 5.75 Å². The standard InChI is InChI=1S/C16H16N2O5/c1-17-14(20)8-18-15(21)9-23-16(22)12-6-10-4-2-3-5-11(10)7-13(12)19/h2-7,19H,8-9H2,1H3,(H,17,20)(H,18,21). The molecule has 0 aliphatic heterocycles. The lowest BCUT2D eigenvalue weighted by Gasteiger charge is -2.08. The number of carbonyl (C=O) groups is 3. The number of ether oxygens (including phenoxy) is 1. The molecule has 0 saturated carbocycles. The van der Waals surface area contributed by atoms with Crippen molar-refractivity contribution in [1.29, 1.82) is 0 Å². The molecule has 0 aromatic heterocycles. The quantitative estimate of drug-likeness (QED) is 0.699. The van der Waals surface area contributed by atoms with Gasteiger partial charge in [0.15, 0.2) is 6.61 Å². The van der Waals surface area contributed by atoms with Gasteiger partial charge in [-0.1, -0.05) is 24.3 Å². The Morgan fingerprint density at radius 1 is 1.09 bits per heavy atom. The number of amides is 2. The van der Waals surface area contributed by atoms with Crippen molar-refractivity contribution in [2.24, 2.45) is 0 Å². The van der Waals surface area contributed by atoms with E-state index in [1.807, 2.05) is 6.07 Å².